The van der Waals surface area contributed by atoms with E-state index in [4.69, 9.17) is 11.5 Å². The van der Waals surface area contributed by atoms with Gasteiger partial charge in [0.2, 0.25) is 0 Å². The molecule has 2 aromatic heterocycles. The molecule has 110 valence electrons. The van der Waals surface area contributed by atoms with Gasteiger partial charge in [0.15, 0.2) is 0 Å². The summed E-state index contributed by atoms with van der Waals surface area (Å²) >= 11 is 3.30. The number of nitrogen functional groups attached to an aromatic ring is 2. The number of thiazole rings is 2. The van der Waals surface area contributed by atoms with Crippen LogP contribution in [0.2, 0.25) is 0 Å². The normalized spacial score (nSPS) is 11.5. The highest BCUT2D eigenvalue weighted by Crippen LogP contribution is 2.44. The minimum Gasteiger partial charge on any atom is -0.398 e. The lowest BCUT2D eigenvalue weighted by molar-refractivity contribution is 1.35. The Morgan fingerprint density at radius 1 is 0.727 bits per heavy atom. The molecule has 0 aliphatic carbocycles. The molecule has 0 aliphatic rings. The first-order valence-corrected chi connectivity index (χ1v) is 8.49. The molecule has 0 atom stereocenters. The maximum atomic E-state index is 6.30. The van der Waals surface area contributed by atoms with Crippen LogP contribution in [0.4, 0.5) is 11.4 Å². The van der Waals surface area contributed by atoms with Crippen LogP contribution in [0, 0.1) is 13.8 Å². The van der Waals surface area contributed by atoms with Crippen molar-refractivity contribution in [3.63, 3.8) is 0 Å². The van der Waals surface area contributed by atoms with E-state index >= 15 is 0 Å². The molecule has 0 saturated heterocycles. The van der Waals surface area contributed by atoms with Crippen LogP contribution in [-0.2, 0) is 0 Å². The van der Waals surface area contributed by atoms with E-state index in [0.29, 0.717) is 0 Å². The van der Waals surface area contributed by atoms with Crippen molar-refractivity contribution in [2.75, 3.05) is 11.5 Å². The number of rotatable bonds is 1. The Morgan fingerprint density at radius 2 is 1.14 bits per heavy atom. The average molecular weight is 326 g/mol. The van der Waals surface area contributed by atoms with Gasteiger partial charge < -0.3 is 11.5 Å². The molecule has 0 saturated carbocycles. The zero-order valence-electron chi connectivity index (χ0n) is 12.2. The highest BCUT2D eigenvalue weighted by molar-refractivity contribution is 7.20. The lowest BCUT2D eigenvalue weighted by atomic mass is 10.0. The van der Waals surface area contributed by atoms with Gasteiger partial charge in [0.05, 0.1) is 30.4 Å². The van der Waals surface area contributed by atoms with E-state index < -0.39 is 0 Å². The summed E-state index contributed by atoms with van der Waals surface area (Å²) in [6.45, 7) is 4.01. The third kappa shape index (κ3) is 1.88. The number of hydrogen-bond acceptors (Lipinski definition) is 6. The molecule has 6 heteroatoms. The fraction of sp³-hybridized carbons (Fsp3) is 0.125. The van der Waals surface area contributed by atoms with Crippen LogP contribution in [0.5, 0.6) is 0 Å². The predicted octanol–water partition coefficient (Wildman–Crippen LogP) is 4.35. The van der Waals surface area contributed by atoms with Crippen molar-refractivity contribution in [3.05, 3.63) is 34.3 Å². The highest BCUT2D eigenvalue weighted by atomic mass is 32.1. The molecule has 2 heterocycles. The van der Waals surface area contributed by atoms with Gasteiger partial charge in [0, 0.05) is 22.5 Å². The number of nitrogens with two attached hydrogens (primary N) is 2. The number of benzene rings is 2. The SMILES string of the molecule is Cc1nc2ccc(N)c(-c3c(N)ccc4nc(C)sc34)c2s1. The molecule has 4 rings (SSSR count). The fourth-order valence-electron chi connectivity index (χ4n) is 2.75. The van der Waals surface area contributed by atoms with Gasteiger partial charge in [-0.25, -0.2) is 9.97 Å². The molecule has 4 aromatic rings. The molecule has 0 radical (unpaired) electrons. The van der Waals surface area contributed by atoms with Crippen LogP contribution in [0.1, 0.15) is 10.0 Å². The van der Waals surface area contributed by atoms with E-state index in [0.717, 1.165) is 53.0 Å². The zero-order chi connectivity index (χ0) is 15.4. The Hall–Kier alpha value is -2.18. The van der Waals surface area contributed by atoms with Crippen LogP contribution in [-0.4, -0.2) is 9.97 Å². The Balaban J connectivity index is 2.19. The minimum absolute atomic E-state index is 0.724. The van der Waals surface area contributed by atoms with Crippen LogP contribution in [0.25, 0.3) is 31.6 Å². The highest BCUT2D eigenvalue weighted by Gasteiger charge is 2.18. The Labute approximate surface area is 135 Å². The third-order valence-corrected chi connectivity index (χ3v) is 5.65. The summed E-state index contributed by atoms with van der Waals surface area (Å²) in [7, 11) is 0. The van der Waals surface area contributed by atoms with E-state index in [1.54, 1.807) is 22.7 Å². The van der Waals surface area contributed by atoms with Crippen LogP contribution in [0.15, 0.2) is 24.3 Å². The fourth-order valence-corrected chi connectivity index (χ4v) is 4.71. The van der Waals surface area contributed by atoms with Gasteiger partial charge in [-0.3, -0.25) is 0 Å². The monoisotopic (exact) mass is 326 g/mol. The predicted molar refractivity (Wildman–Crippen MR) is 96.5 cm³/mol. The Kier molecular flexibility index (Phi) is 2.85. The second-order valence-corrected chi connectivity index (χ2v) is 7.63. The molecule has 22 heavy (non-hydrogen) atoms. The molecule has 0 aliphatic heterocycles. The lowest BCUT2D eigenvalue weighted by Crippen LogP contribution is -1.95. The first-order chi connectivity index (χ1) is 10.5. The van der Waals surface area contributed by atoms with Gasteiger partial charge in [-0.2, -0.15) is 0 Å². The van der Waals surface area contributed by atoms with E-state index in [2.05, 4.69) is 9.97 Å². The molecule has 0 fully saturated rings. The topological polar surface area (TPSA) is 77.8 Å². The van der Waals surface area contributed by atoms with Gasteiger partial charge in [-0.05, 0) is 38.1 Å². The number of nitrogens with zero attached hydrogens (tertiary/aromatic N) is 2. The largest absolute Gasteiger partial charge is 0.398 e. The first kappa shape index (κ1) is 13.5. The number of aryl methyl sites for hydroxylation is 2. The number of hydrogen-bond donors (Lipinski definition) is 2. The summed E-state index contributed by atoms with van der Waals surface area (Å²) in [5.41, 5.74) is 17.9. The quantitative estimate of drug-likeness (QED) is 0.510. The number of fused-ring (bicyclic) bond motifs is 2. The summed E-state index contributed by atoms with van der Waals surface area (Å²) in [5.74, 6) is 0. The van der Waals surface area contributed by atoms with Crippen molar-refractivity contribution in [1.29, 1.82) is 0 Å². The molecule has 0 unspecified atom stereocenters. The standard InChI is InChI=1S/C16H14N4S2/c1-7-19-11-5-3-9(17)13(15(11)21-7)14-10(18)4-6-12-16(14)22-8(2)20-12/h3-6H,17-18H2,1-2H3. The molecular weight excluding hydrogens is 312 g/mol. The summed E-state index contributed by atoms with van der Waals surface area (Å²) < 4.78 is 2.17. The van der Waals surface area contributed by atoms with Gasteiger partial charge in [0.25, 0.3) is 0 Å². The molecule has 0 spiro atoms. The van der Waals surface area contributed by atoms with Gasteiger partial charge in [0.1, 0.15) is 0 Å². The second kappa shape index (κ2) is 4.66. The minimum atomic E-state index is 0.724. The summed E-state index contributed by atoms with van der Waals surface area (Å²) in [6.07, 6.45) is 0. The summed E-state index contributed by atoms with van der Waals surface area (Å²) in [4.78, 5) is 9.13. The van der Waals surface area contributed by atoms with Crippen molar-refractivity contribution in [1.82, 2.24) is 9.97 Å². The van der Waals surface area contributed by atoms with Crippen molar-refractivity contribution in [2.45, 2.75) is 13.8 Å². The van der Waals surface area contributed by atoms with Crippen molar-refractivity contribution < 1.29 is 0 Å². The van der Waals surface area contributed by atoms with E-state index in [1.165, 1.54) is 0 Å². The zero-order valence-corrected chi connectivity index (χ0v) is 13.8. The van der Waals surface area contributed by atoms with Gasteiger partial charge in [-0.15, -0.1) is 22.7 Å². The molecular formula is C16H14N4S2. The summed E-state index contributed by atoms with van der Waals surface area (Å²) in [6, 6.07) is 7.74. The van der Waals surface area contributed by atoms with Crippen molar-refractivity contribution in [3.8, 4) is 11.1 Å². The Morgan fingerprint density at radius 3 is 1.55 bits per heavy atom. The molecule has 4 nitrogen and oxygen atoms in total. The van der Waals surface area contributed by atoms with Crippen LogP contribution < -0.4 is 11.5 Å². The maximum Gasteiger partial charge on any atom is 0.0908 e. The first-order valence-electron chi connectivity index (χ1n) is 6.86. The smallest absolute Gasteiger partial charge is 0.0908 e. The summed E-state index contributed by atoms with van der Waals surface area (Å²) in [5, 5.41) is 2.04. The van der Waals surface area contributed by atoms with Crippen LogP contribution >= 0.6 is 22.7 Å². The molecule has 0 bridgehead atoms. The maximum absolute atomic E-state index is 6.30. The van der Waals surface area contributed by atoms with E-state index in [9.17, 15) is 0 Å². The molecule has 0 amide bonds. The number of anilines is 2. The van der Waals surface area contributed by atoms with Crippen molar-refractivity contribution >= 4 is 54.5 Å². The number of aromatic nitrogens is 2. The van der Waals surface area contributed by atoms with E-state index in [1.807, 2.05) is 38.1 Å². The van der Waals surface area contributed by atoms with Gasteiger partial charge in [-0.1, -0.05) is 0 Å². The third-order valence-electron chi connectivity index (χ3n) is 3.64. The molecule has 4 N–H and O–H groups in total. The molecule has 2 aromatic carbocycles. The Bertz CT molecular complexity index is 946. The second-order valence-electron chi connectivity index (χ2n) is 5.22. The van der Waals surface area contributed by atoms with Crippen molar-refractivity contribution in [2.24, 2.45) is 0 Å². The average Bonchev–Trinajstić information content (AvgIpc) is 3.01. The lowest BCUT2D eigenvalue weighted by Gasteiger charge is -2.11. The van der Waals surface area contributed by atoms with E-state index in [-0.39, 0.29) is 0 Å². The van der Waals surface area contributed by atoms with Gasteiger partial charge >= 0.3 is 0 Å². The van der Waals surface area contributed by atoms with Crippen LogP contribution in [0.3, 0.4) is 0 Å².